The maximum Gasteiger partial charge on any atom is 0.279 e. The molecule has 9 heteroatoms. The first-order valence-corrected chi connectivity index (χ1v) is 12.2. The summed E-state index contributed by atoms with van der Waals surface area (Å²) in [5, 5.41) is 4.57. The Morgan fingerprint density at radius 1 is 1.10 bits per heavy atom. The van der Waals surface area contributed by atoms with Gasteiger partial charge in [0.1, 0.15) is 0 Å². The van der Waals surface area contributed by atoms with E-state index in [1.165, 1.54) is 21.4 Å². The van der Waals surface area contributed by atoms with Gasteiger partial charge in [-0.25, -0.2) is 4.98 Å². The standard InChI is InChI=1S/C21H25N5O2S2/c27-19-17-15-25(14-16-4-2-1-3-5-16)7-6-18(17)22-20-26(19)23-21(30-20)29-13-10-24-8-11-28-12-9-24/h1-5H,6-15H2. The van der Waals surface area contributed by atoms with Crippen molar-refractivity contribution in [3.05, 3.63) is 57.5 Å². The van der Waals surface area contributed by atoms with Crippen LogP contribution in [-0.2, 0) is 24.2 Å². The molecular weight excluding hydrogens is 418 g/mol. The maximum absolute atomic E-state index is 13.1. The van der Waals surface area contributed by atoms with Crippen molar-refractivity contribution in [2.75, 3.05) is 45.1 Å². The van der Waals surface area contributed by atoms with Crippen LogP contribution in [0.15, 0.2) is 39.5 Å². The molecule has 0 bridgehead atoms. The van der Waals surface area contributed by atoms with Gasteiger partial charge in [-0.15, -0.1) is 5.10 Å². The van der Waals surface area contributed by atoms with Crippen LogP contribution < -0.4 is 5.56 Å². The van der Waals surface area contributed by atoms with Crippen LogP contribution in [0.25, 0.3) is 4.96 Å². The molecule has 1 saturated heterocycles. The third-order valence-corrected chi connectivity index (χ3v) is 7.63. The molecule has 0 unspecified atom stereocenters. The molecule has 0 N–H and O–H groups in total. The summed E-state index contributed by atoms with van der Waals surface area (Å²) in [6.07, 6.45) is 0.811. The van der Waals surface area contributed by atoms with Crippen molar-refractivity contribution < 1.29 is 4.74 Å². The van der Waals surface area contributed by atoms with Crippen LogP contribution in [0.5, 0.6) is 0 Å². The van der Waals surface area contributed by atoms with Gasteiger partial charge in [0.05, 0.1) is 24.5 Å². The lowest BCUT2D eigenvalue weighted by molar-refractivity contribution is 0.0410. The topological polar surface area (TPSA) is 63.0 Å². The number of hydrogen-bond donors (Lipinski definition) is 0. The number of nitrogens with zero attached hydrogens (tertiary/aromatic N) is 5. The van der Waals surface area contributed by atoms with Gasteiger partial charge in [0.15, 0.2) is 4.34 Å². The van der Waals surface area contributed by atoms with E-state index in [2.05, 4.69) is 39.2 Å². The molecule has 1 fully saturated rings. The van der Waals surface area contributed by atoms with Gasteiger partial charge in [-0.3, -0.25) is 14.6 Å². The van der Waals surface area contributed by atoms with Gasteiger partial charge in [-0.2, -0.15) is 4.52 Å². The minimum absolute atomic E-state index is 0.0101. The number of fused-ring (bicyclic) bond motifs is 2. The average Bonchev–Trinajstić information content (AvgIpc) is 3.19. The zero-order valence-corrected chi connectivity index (χ0v) is 18.5. The number of thioether (sulfide) groups is 1. The molecule has 0 atom stereocenters. The first-order chi connectivity index (χ1) is 14.8. The van der Waals surface area contributed by atoms with Crippen LogP contribution >= 0.6 is 23.1 Å². The van der Waals surface area contributed by atoms with Crippen molar-refractivity contribution in [1.29, 1.82) is 0 Å². The molecule has 3 aromatic rings. The molecule has 4 heterocycles. The summed E-state index contributed by atoms with van der Waals surface area (Å²) in [6, 6.07) is 10.4. The summed E-state index contributed by atoms with van der Waals surface area (Å²) in [6.45, 7) is 7.04. The minimum atomic E-state index is -0.0101. The second kappa shape index (κ2) is 9.15. The highest BCUT2D eigenvalue weighted by Crippen LogP contribution is 2.25. The predicted molar refractivity (Wildman–Crippen MR) is 119 cm³/mol. The first kappa shape index (κ1) is 20.1. The van der Waals surface area contributed by atoms with Gasteiger partial charge in [0.25, 0.3) is 5.56 Å². The Labute approximate surface area is 183 Å². The van der Waals surface area contributed by atoms with Gasteiger partial charge in [0.2, 0.25) is 4.96 Å². The summed E-state index contributed by atoms with van der Waals surface area (Å²) >= 11 is 3.23. The van der Waals surface area contributed by atoms with Crippen molar-refractivity contribution in [2.45, 2.75) is 23.8 Å². The van der Waals surface area contributed by atoms with Crippen molar-refractivity contribution in [3.63, 3.8) is 0 Å². The molecule has 5 rings (SSSR count). The van der Waals surface area contributed by atoms with Gasteiger partial charge in [0, 0.05) is 51.4 Å². The van der Waals surface area contributed by atoms with Gasteiger partial charge in [-0.1, -0.05) is 53.4 Å². The molecule has 30 heavy (non-hydrogen) atoms. The van der Waals surface area contributed by atoms with E-state index in [1.807, 2.05) is 6.07 Å². The molecular formula is C21H25N5O2S2. The van der Waals surface area contributed by atoms with E-state index in [1.54, 1.807) is 11.8 Å². The zero-order valence-electron chi connectivity index (χ0n) is 16.8. The number of ether oxygens (including phenoxy) is 1. The Morgan fingerprint density at radius 3 is 2.77 bits per heavy atom. The van der Waals surface area contributed by atoms with E-state index in [0.29, 0.717) is 11.5 Å². The minimum Gasteiger partial charge on any atom is -0.379 e. The molecule has 2 aromatic heterocycles. The average molecular weight is 444 g/mol. The normalized spacial score (nSPS) is 18.0. The molecule has 1 aromatic carbocycles. The van der Waals surface area contributed by atoms with Crippen LogP contribution in [0.2, 0.25) is 0 Å². The maximum atomic E-state index is 13.1. The van der Waals surface area contributed by atoms with Crippen molar-refractivity contribution in [1.82, 2.24) is 24.4 Å². The molecule has 0 radical (unpaired) electrons. The fraction of sp³-hybridized carbons (Fsp3) is 0.476. The molecule has 0 amide bonds. The van der Waals surface area contributed by atoms with E-state index < -0.39 is 0 Å². The van der Waals surface area contributed by atoms with Crippen LogP contribution in [0.4, 0.5) is 0 Å². The van der Waals surface area contributed by atoms with Gasteiger partial charge < -0.3 is 4.74 Å². The van der Waals surface area contributed by atoms with Gasteiger partial charge >= 0.3 is 0 Å². The number of morpholine rings is 1. The fourth-order valence-electron chi connectivity index (χ4n) is 3.96. The smallest absolute Gasteiger partial charge is 0.279 e. The third kappa shape index (κ3) is 4.45. The number of rotatable bonds is 6. The monoisotopic (exact) mass is 443 g/mol. The largest absolute Gasteiger partial charge is 0.379 e. The number of benzene rings is 1. The second-order valence-corrected chi connectivity index (χ2v) is 9.95. The lowest BCUT2D eigenvalue weighted by Crippen LogP contribution is -2.37. The Hall–Kier alpha value is -1.78. The predicted octanol–water partition coefficient (Wildman–Crippen LogP) is 2.13. The highest BCUT2D eigenvalue weighted by atomic mass is 32.2. The van der Waals surface area contributed by atoms with Crippen molar-refractivity contribution in [3.8, 4) is 0 Å². The van der Waals surface area contributed by atoms with E-state index in [-0.39, 0.29) is 5.56 Å². The molecule has 7 nitrogen and oxygen atoms in total. The third-order valence-electron chi connectivity index (χ3n) is 5.60. The van der Waals surface area contributed by atoms with E-state index in [0.717, 1.165) is 73.7 Å². The Bertz CT molecular complexity index is 1060. The molecule has 0 spiro atoms. The lowest BCUT2D eigenvalue weighted by atomic mass is 10.1. The number of hydrogen-bond acceptors (Lipinski definition) is 8. The van der Waals surface area contributed by atoms with Crippen LogP contribution in [0.1, 0.15) is 16.8 Å². The van der Waals surface area contributed by atoms with Crippen molar-refractivity contribution >= 4 is 28.1 Å². The molecule has 2 aliphatic rings. The Balaban J connectivity index is 1.28. The highest BCUT2D eigenvalue weighted by Gasteiger charge is 2.23. The summed E-state index contributed by atoms with van der Waals surface area (Å²) < 4.78 is 7.82. The summed E-state index contributed by atoms with van der Waals surface area (Å²) in [5.74, 6) is 0.957. The Kier molecular flexibility index (Phi) is 6.14. The zero-order chi connectivity index (χ0) is 20.3. The van der Waals surface area contributed by atoms with Crippen LogP contribution in [-0.4, -0.2) is 69.5 Å². The highest BCUT2D eigenvalue weighted by molar-refractivity contribution is 8.01. The van der Waals surface area contributed by atoms with E-state index in [9.17, 15) is 4.79 Å². The lowest BCUT2D eigenvalue weighted by Gasteiger charge is -2.27. The molecule has 158 valence electrons. The Morgan fingerprint density at radius 2 is 1.93 bits per heavy atom. The summed E-state index contributed by atoms with van der Waals surface area (Å²) in [5.41, 5.74) is 2.99. The molecule has 0 saturated carbocycles. The van der Waals surface area contributed by atoms with E-state index in [4.69, 9.17) is 9.72 Å². The van der Waals surface area contributed by atoms with Crippen LogP contribution in [0, 0.1) is 0 Å². The molecule has 2 aliphatic heterocycles. The molecule has 0 aliphatic carbocycles. The summed E-state index contributed by atoms with van der Waals surface area (Å²) in [7, 11) is 0. The first-order valence-electron chi connectivity index (χ1n) is 10.4. The summed E-state index contributed by atoms with van der Waals surface area (Å²) in [4.78, 5) is 23.3. The second-order valence-electron chi connectivity index (χ2n) is 7.65. The van der Waals surface area contributed by atoms with Crippen molar-refractivity contribution in [2.24, 2.45) is 0 Å². The quantitative estimate of drug-likeness (QED) is 0.541. The van der Waals surface area contributed by atoms with E-state index >= 15 is 0 Å². The van der Waals surface area contributed by atoms with Crippen LogP contribution in [0.3, 0.4) is 0 Å². The number of aromatic nitrogens is 3. The van der Waals surface area contributed by atoms with Gasteiger partial charge in [-0.05, 0) is 5.56 Å². The SMILES string of the molecule is O=c1c2c(nc3sc(SCCN4CCOCC4)nn13)CCN(Cc1ccccc1)C2. The fourth-order valence-corrected chi connectivity index (χ4v) is 5.97.